The van der Waals surface area contributed by atoms with Crippen LogP contribution in [-0.2, 0) is 13.1 Å². The van der Waals surface area contributed by atoms with Crippen molar-refractivity contribution < 1.29 is 14.6 Å². The Balaban J connectivity index is 1.62. The van der Waals surface area contributed by atoms with Crippen molar-refractivity contribution in [2.45, 2.75) is 39.4 Å². The van der Waals surface area contributed by atoms with E-state index in [1.807, 2.05) is 67.3 Å². The second-order valence-corrected chi connectivity index (χ2v) is 8.47. The zero-order valence-corrected chi connectivity index (χ0v) is 20.8. The molecule has 2 aromatic heterocycles. The summed E-state index contributed by atoms with van der Waals surface area (Å²) < 4.78 is 12.6. The molecule has 0 bridgehead atoms. The van der Waals surface area contributed by atoms with Crippen LogP contribution in [0.3, 0.4) is 0 Å². The number of benzene rings is 2. The molecule has 2 heterocycles. The van der Waals surface area contributed by atoms with Crippen LogP contribution in [0.4, 0.5) is 0 Å². The SMILES string of the molecule is CCOc1ccc2[nH]c(=O)c(CN(CCO)C(CC)c3nnnn3Cc3ccc(OC)cc3)cc2c1. The smallest absolute Gasteiger partial charge is 0.252 e. The number of pyridine rings is 1. The van der Waals surface area contributed by atoms with Crippen molar-refractivity contribution >= 4 is 10.9 Å². The van der Waals surface area contributed by atoms with Crippen molar-refractivity contribution in [2.24, 2.45) is 0 Å². The average molecular weight is 493 g/mol. The summed E-state index contributed by atoms with van der Waals surface area (Å²) in [5.74, 6) is 2.21. The monoisotopic (exact) mass is 492 g/mol. The summed E-state index contributed by atoms with van der Waals surface area (Å²) in [6, 6.07) is 15.0. The summed E-state index contributed by atoms with van der Waals surface area (Å²) in [5, 5.41) is 23.2. The molecule has 2 N–H and O–H groups in total. The van der Waals surface area contributed by atoms with Crippen LogP contribution in [0.5, 0.6) is 11.5 Å². The molecule has 4 rings (SSSR count). The van der Waals surface area contributed by atoms with Gasteiger partial charge in [0.2, 0.25) is 0 Å². The van der Waals surface area contributed by atoms with E-state index in [0.717, 1.165) is 28.0 Å². The first-order valence-corrected chi connectivity index (χ1v) is 12.1. The van der Waals surface area contributed by atoms with Crippen LogP contribution in [0.25, 0.3) is 10.9 Å². The molecule has 0 aliphatic rings. The maximum Gasteiger partial charge on any atom is 0.252 e. The van der Waals surface area contributed by atoms with Gasteiger partial charge in [-0.25, -0.2) is 4.68 Å². The third kappa shape index (κ3) is 5.72. The highest BCUT2D eigenvalue weighted by molar-refractivity contribution is 5.80. The van der Waals surface area contributed by atoms with E-state index in [1.54, 1.807) is 11.8 Å². The van der Waals surface area contributed by atoms with Gasteiger partial charge in [0.1, 0.15) is 11.5 Å². The Bertz CT molecular complexity index is 1330. The van der Waals surface area contributed by atoms with E-state index < -0.39 is 0 Å². The molecule has 0 fully saturated rings. The van der Waals surface area contributed by atoms with Crippen LogP contribution in [0.15, 0.2) is 53.3 Å². The Hall–Kier alpha value is -3.76. The predicted octanol–water partition coefficient (Wildman–Crippen LogP) is 2.92. The third-order valence-electron chi connectivity index (χ3n) is 6.14. The summed E-state index contributed by atoms with van der Waals surface area (Å²) in [7, 11) is 1.63. The Kier molecular flexibility index (Phi) is 8.29. The summed E-state index contributed by atoms with van der Waals surface area (Å²) in [4.78, 5) is 17.9. The van der Waals surface area contributed by atoms with Crippen molar-refractivity contribution in [3.8, 4) is 11.5 Å². The maximum atomic E-state index is 12.9. The number of ether oxygens (including phenoxy) is 2. The van der Waals surface area contributed by atoms with E-state index in [0.29, 0.717) is 44.0 Å². The Morgan fingerprint density at radius 3 is 2.58 bits per heavy atom. The Labute approximate surface area is 209 Å². The molecule has 0 amide bonds. The van der Waals surface area contributed by atoms with Gasteiger partial charge in [0, 0.05) is 29.6 Å². The number of aromatic amines is 1. The molecule has 36 heavy (non-hydrogen) atoms. The van der Waals surface area contributed by atoms with Gasteiger partial charge in [-0.15, -0.1) is 5.10 Å². The Morgan fingerprint density at radius 1 is 1.11 bits per heavy atom. The minimum atomic E-state index is -0.199. The lowest BCUT2D eigenvalue weighted by Gasteiger charge is -2.29. The molecular formula is C26H32N6O4. The molecule has 0 radical (unpaired) electrons. The molecule has 0 aliphatic heterocycles. The Morgan fingerprint density at radius 2 is 1.89 bits per heavy atom. The predicted molar refractivity (Wildman–Crippen MR) is 136 cm³/mol. The van der Waals surface area contributed by atoms with Gasteiger partial charge >= 0.3 is 0 Å². The molecular weight excluding hydrogens is 460 g/mol. The highest BCUT2D eigenvalue weighted by atomic mass is 16.5. The quantitative estimate of drug-likeness (QED) is 0.310. The number of tetrazole rings is 1. The topological polar surface area (TPSA) is 118 Å². The number of aliphatic hydroxyl groups is 1. The molecule has 10 heteroatoms. The number of hydrogen-bond acceptors (Lipinski definition) is 8. The second-order valence-electron chi connectivity index (χ2n) is 8.47. The first kappa shape index (κ1) is 25.3. The lowest BCUT2D eigenvalue weighted by atomic mass is 10.1. The molecule has 1 unspecified atom stereocenters. The van der Waals surface area contributed by atoms with Gasteiger partial charge in [-0.1, -0.05) is 19.1 Å². The zero-order valence-electron chi connectivity index (χ0n) is 20.8. The van der Waals surface area contributed by atoms with Gasteiger partial charge < -0.3 is 19.6 Å². The number of rotatable bonds is 12. The fourth-order valence-electron chi connectivity index (χ4n) is 4.37. The molecule has 10 nitrogen and oxygen atoms in total. The van der Waals surface area contributed by atoms with E-state index in [2.05, 4.69) is 20.5 Å². The molecule has 1 atom stereocenters. The number of aliphatic hydroxyl groups excluding tert-OH is 1. The molecule has 0 saturated heterocycles. The number of H-pyrrole nitrogens is 1. The van der Waals surface area contributed by atoms with Crippen LogP contribution in [-0.4, -0.2) is 62.1 Å². The van der Waals surface area contributed by atoms with Gasteiger partial charge in [0.05, 0.1) is 32.9 Å². The molecule has 190 valence electrons. The van der Waals surface area contributed by atoms with Gasteiger partial charge in [-0.3, -0.25) is 9.69 Å². The van der Waals surface area contributed by atoms with Crippen LogP contribution < -0.4 is 15.0 Å². The van der Waals surface area contributed by atoms with E-state index in [1.165, 1.54) is 0 Å². The minimum absolute atomic E-state index is 0.0590. The highest BCUT2D eigenvalue weighted by Gasteiger charge is 2.25. The van der Waals surface area contributed by atoms with Crippen LogP contribution >= 0.6 is 0 Å². The van der Waals surface area contributed by atoms with E-state index in [9.17, 15) is 9.90 Å². The van der Waals surface area contributed by atoms with Crippen molar-refractivity contribution in [1.82, 2.24) is 30.1 Å². The summed E-state index contributed by atoms with van der Waals surface area (Å²) >= 11 is 0. The van der Waals surface area contributed by atoms with Crippen molar-refractivity contribution in [2.75, 3.05) is 26.9 Å². The van der Waals surface area contributed by atoms with Gasteiger partial charge in [0.25, 0.3) is 5.56 Å². The first-order chi connectivity index (χ1) is 17.6. The number of aromatic nitrogens is 5. The van der Waals surface area contributed by atoms with Crippen molar-refractivity contribution in [1.29, 1.82) is 0 Å². The summed E-state index contributed by atoms with van der Waals surface area (Å²) in [6.07, 6.45) is 0.697. The molecule has 2 aromatic carbocycles. The van der Waals surface area contributed by atoms with E-state index in [-0.39, 0.29) is 18.2 Å². The molecule has 0 spiro atoms. The van der Waals surface area contributed by atoms with Crippen LogP contribution in [0, 0.1) is 0 Å². The fourth-order valence-corrected chi connectivity index (χ4v) is 4.37. The summed E-state index contributed by atoms with van der Waals surface area (Å²) in [6.45, 7) is 5.67. The number of nitrogens with one attached hydrogen (secondary N) is 1. The lowest BCUT2D eigenvalue weighted by Crippen LogP contribution is -2.34. The van der Waals surface area contributed by atoms with E-state index >= 15 is 0 Å². The lowest BCUT2D eigenvalue weighted by molar-refractivity contribution is 0.131. The summed E-state index contributed by atoms with van der Waals surface area (Å²) in [5.41, 5.74) is 2.21. The number of fused-ring (bicyclic) bond motifs is 1. The van der Waals surface area contributed by atoms with Gasteiger partial charge in [0.15, 0.2) is 5.82 Å². The number of hydrogen-bond donors (Lipinski definition) is 2. The van der Waals surface area contributed by atoms with Gasteiger partial charge in [-0.2, -0.15) is 0 Å². The first-order valence-electron chi connectivity index (χ1n) is 12.1. The maximum absolute atomic E-state index is 12.9. The molecule has 4 aromatic rings. The normalized spacial score (nSPS) is 12.2. The van der Waals surface area contributed by atoms with E-state index in [4.69, 9.17) is 9.47 Å². The highest BCUT2D eigenvalue weighted by Crippen LogP contribution is 2.25. The fraction of sp³-hybridized carbons (Fsp3) is 0.385. The molecule has 0 saturated carbocycles. The van der Waals surface area contributed by atoms with Crippen molar-refractivity contribution in [3.63, 3.8) is 0 Å². The average Bonchev–Trinajstić information content (AvgIpc) is 3.33. The third-order valence-corrected chi connectivity index (χ3v) is 6.14. The second kappa shape index (κ2) is 11.8. The zero-order chi connectivity index (χ0) is 25.5. The number of nitrogens with zero attached hydrogens (tertiary/aromatic N) is 5. The minimum Gasteiger partial charge on any atom is -0.497 e. The van der Waals surface area contributed by atoms with Crippen LogP contribution in [0.2, 0.25) is 0 Å². The standard InChI is InChI=1S/C26H32N6O4/c1-4-24(25-28-29-30-32(25)16-18-6-8-21(35-3)9-7-18)31(12-13-33)17-20-14-19-15-22(36-5-2)10-11-23(19)27-26(20)34/h6-11,14-15,24,33H,4-5,12-13,16-17H2,1-3H3,(H,27,34). The van der Waals surface area contributed by atoms with Gasteiger partial charge in [-0.05, 0) is 65.7 Å². The number of methoxy groups -OCH3 is 1. The van der Waals surface area contributed by atoms with Crippen LogP contribution in [0.1, 0.15) is 43.3 Å². The molecule has 0 aliphatic carbocycles. The van der Waals surface area contributed by atoms with Crippen molar-refractivity contribution in [3.05, 3.63) is 75.8 Å². The largest absolute Gasteiger partial charge is 0.497 e.